The van der Waals surface area contributed by atoms with Gasteiger partial charge in [-0.2, -0.15) is 5.10 Å². The van der Waals surface area contributed by atoms with Crippen LogP contribution in [0.2, 0.25) is 0 Å². The molecule has 0 amide bonds. The van der Waals surface area contributed by atoms with E-state index in [9.17, 15) is 0 Å². The van der Waals surface area contributed by atoms with Crippen LogP contribution in [0.3, 0.4) is 0 Å². The predicted molar refractivity (Wildman–Crippen MR) is 132 cm³/mol. The zero-order valence-corrected chi connectivity index (χ0v) is 18.4. The molecule has 0 saturated heterocycles. The zero-order chi connectivity index (χ0) is 22.0. The molecule has 0 spiro atoms. The van der Waals surface area contributed by atoms with Crippen LogP contribution in [0, 0.1) is 13.8 Å². The second-order valence-corrected chi connectivity index (χ2v) is 8.13. The van der Waals surface area contributed by atoms with E-state index in [1.165, 1.54) is 27.8 Å². The summed E-state index contributed by atoms with van der Waals surface area (Å²) in [7, 11) is 0. The van der Waals surface area contributed by atoms with Crippen molar-refractivity contribution in [2.24, 2.45) is 0 Å². The molecule has 156 valence electrons. The Kier molecular flexibility index (Phi) is 5.20. The van der Waals surface area contributed by atoms with E-state index >= 15 is 0 Å². The first kappa shape index (κ1) is 20.0. The summed E-state index contributed by atoms with van der Waals surface area (Å²) in [6.07, 6.45) is 0. The molecule has 5 aromatic rings. The van der Waals surface area contributed by atoms with E-state index in [2.05, 4.69) is 140 Å². The van der Waals surface area contributed by atoms with E-state index in [1.54, 1.807) is 0 Å². The molecule has 0 aliphatic carbocycles. The molecule has 0 radical (unpaired) electrons. The minimum Gasteiger partial charge on any atom is -0.249 e. The van der Waals surface area contributed by atoms with Crippen LogP contribution in [-0.2, 0) is 5.54 Å². The Labute approximate surface area is 189 Å². The zero-order valence-electron chi connectivity index (χ0n) is 18.4. The van der Waals surface area contributed by atoms with Gasteiger partial charge in [-0.05, 0) is 36.1 Å². The Hall–Kier alpha value is -3.91. The fourth-order valence-corrected chi connectivity index (χ4v) is 4.90. The van der Waals surface area contributed by atoms with Crippen molar-refractivity contribution < 1.29 is 0 Å². The van der Waals surface area contributed by atoms with Crippen molar-refractivity contribution in [1.29, 1.82) is 0 Å². The van der Waals surface area contributed by atoms with Crippen molar-refractivity contribution in [3.8, 4) is 11.1 Å². The van der Waals surface area contributed by atoms with Crippen molar-refractivity contribution in [3.05, 3.63) is 149 Å². The van der Waals surface area contributed by atoms with Crippen molar-refractivity contribution in [3.63, 3.8) is 0 Å². The van der Waals surface area contributed by atoms with Crippen LogP contribution < -0.4 is 0 Å². The van der Waals surface area contributed by atoms with Crippen LogP contribution in [0.5, 0.6) is 0 Å². The number of benzene rings is 4. The summed E-state index contributed by atoms with van der Waals surface area (Å²) in [6, 6.07) is 42.7. The third-order valence-corrected chi connectivity index (χ3v) is 6.25. The van der Waals surface area contributed by atoms with Gasteiger partial charge in [-0.25, -0.2) is 4.68 Å². The Balaban J connectivity index is 1.91. The van der Waals surface area contributed by atoms with Gasteiger partial charge in [-0.1, -0.05) is 121 Å². The minimum atomic E-state index is -0.592. The van der Waals surface area contributed by atoms with Crippen LogP contribution in [0.4, 0.5) is 0 Å². The largest absolute Gasteiger partial charge is 0.249 e. The lowest BCUT2D eigenvalue weighted by atomic mass is 9.77. The number of hydrogen-bond donors (Lipinski definition) is 0. The first-order valence-corrected chi connectivity index (χ1v) is 11.0. The van der Waals surface area contributed by atoms with Gasteiger partial charge in [-0.15, -0.1) is 0 Å². The molecule has 2 nitrogen and oxygen atoms in total. The third kappa shape index (κ3) is 3.16. The van der Waals surface area contributed by atoms with Crippen molar-refractivity contribution >= 4 is 0 Å². The van der Waals surface area contributed by atoms with Crippen LogP contribution >= 0.6 is 0 Å². The quantitative estimate of drug-likeness (QED) is 0.283. The van der Waals surface area contributed by atoms with E-state index in [1.807, 2.05) is 0 Å². The topological polar surface area (TPSA) is 17.8 Å². The predicted octanol–water partition coefficient (Wildman–Crippen LogP) is 7.01. The summed E-state index contributed by atoms with van der Waals surface area (Å²) in [6.45, 7) is 4.30. The van der Waals surface area contributed by atoms with Gasteiger partial charge in [0.1, 0.15) is 5.54 Å². The highest BCUT2D eigenvalue weighted by Crippen LogP contribution is 2.43. The summed E-state index contributed by atoms with van der Waals surface area (Å²) in [5.41, 5.74) is 7.51. The lowest BCUT2D eigenvalue weighted by Crippen LogP contribution is -2.39. The lowest BCUT2D eigenvalue weighted by Gasteiger charge is -2.37. The average molecular weight is 415 g/mol. The fraction of sp³-hybridized carbons (Fsp3) is 0.100. The van der Waals surface area contributed by atoms with Gasteiger partial charge in [0, 0.05) is 11.3 Å². The number of aryl methyl sites for hydroxylation is 1. The average Bonchev–Trinajstić information content (AvgIpc) is 3.16. The van der Waals surface area contributed by atoms with Gasteiger partial charge < -0.3 is 0 Å². The molecule has 0 unspecified atom stereocenters. The van der Waals surface area contributed by atoms with E-state index in [0.29, 0.717) is 0 Å². The summed E-state index contributed by atoms with van der Waals surface area (Å²) in [4.78, 5) is 0. The van der Waals surface area contributed by atoms with Crippen LogP contribution in [0.15, 0.2) is 121 Å². The Bertz CT molecular complexity index is 1210. The number of rotatable bonds is 5. The first-order chi connectivity index (χ1) is 15.7. The maximum Gasteiger partial charge on any atom is 0.138 e. The van der Waals surface area contributed by atoms with Gasteiger partial charge in [0.15, 0.2) is 0 Å². The number of aromatic nitrogens is 2. The molecule has 32 heavy (non-hydrogen) atoms. The van der Waals surface area contributed by atoms with Gasteiger partial charge >= 0.3 is 0 Å². The van der Waals surface area contributed by atoms with E-state index in [-0.39, 0.29) is 0 Å². The summed E-state index contributed by atoms with van der Waals surface area (Å²) >= 11 is 0. The highest BCUT2D eigenvalue weighted by molar-refractivity contribution is 5.69. The maximum atomic E-state index is 5.20. The van der Waals surface area contributed by atoms with Gasteiger partial charge in [0.25, 0.3) is 0 Å². The van der Waals surface area contributed by atoms with E-state index < -0.39 is 5.54 Å². The molecular formula is C30H26N2. The SMILES string of the molecule is Cc1nn(C(c2ccccc2)(c2ccccc2)c2ccccc2)c(C)c1-c1ccccc1. The Morgan fingerprint density at radius 1 is 0.531 bits per heavy atom. The molecule has 0 aliphatic rings. The van der Waals surface area contributed by atoms with Crippen molar-refractivity contribution in [2.45, 2.75) is 19.4 Å². The summed E-state index contributed by atoms with van der Waals surface area (Å²) in [5.74, 6) is 0. The molecular weight excluding hydrogens is 388 g/mol. The number of hydrogen-bond acceptors (Lipinski definition) is 1. The molecule has 4 aromatic carbocycles. The standard InChI is InChI=1S/C30H26N2/c1-23-29(25-15-7-3-8-16-25)24(2)32(31-23)30(26-17-9-4-10-18-26,27-19-11-5-12-20-27)28-21-13-6-14-22-28/h3-22H,1-2H3. The highest BCUT2D eigenvalue weighted by atomic mass is 15.3. The molecule has 1 aromatic heterocycles. The highest BCUT2D eigenvalue weighted by Gasteiger charge is 2.41. The fourth-order valence-electron chi connectivity index (χ4n) is 4.90. The smallest absolute Gasteiger partial charge is 0.138 e. The molecule has 0 N–H and O–H groups in total. The lowest BCUT2D eigenvalue weighted by molar-refractivity contribution is 0.447. The van der Waals surface area contributed by atoms with Gasteiger partial charge in [0.2, 0.25) is 0 Å². The third-order valence-electron chi connectivity index (χ3n) is 6.25. The molecule has 0 saturated carbocycles. The van der Waals surface area contributed by atoms with E-state index in [0.717, 1.165) is 11.4 Å². The maximum absolute atomic E-state index is 5.20. The molecule has 0 bridgehead atoms. The van der Waals surface area contributed by atoms with Crippen LogP contribution in [0.25, 0.3) is 11.1 Å². The van der Waals surface area contributed by atoms with Crippen LogP contribution in [-0.4, -0.2) is 9.78 Å². The van der Waals surface area contributed by atoms with Crippen molar-refractivity contribution in [2.75, 3.05) is 0 Å². The van der Waals surface area contributed by atoms with Crippen molar-refractivity contribution in [1.82, 2.24) is 9.78 Å². The minimum absolute atomic E-state index is 0.592. The normalized spacial score (nSPS) is 11.4. The molecule has 1 heterocycles. The second-order valence-electron chi connectivity index (χ2n) is 8.13. The van der Waals surface area contributed by atoms with Gasteiger partial charge in [0.05, 0.1) is 5.69 Å². The molecule has 0 fully saturated rings. The second kappa shape index (κ2) is 8.32. The Morgan fingerprint density at radius 3 is 1.31 bits per heavy atom. The summed E-state index contributed by atoms with van der Waals surface area (Å²) in [5, 5.41) is 5.20. The van der Waals surface area contributed by atoms with E-state index in [4.69, 9.17) is 5.10 Å². The van der Waals surface area contributed by atoms with Gasteiger partial charge in [-0.3, -0.25) is 0 Å². The monoisotopic (exact) mass is 414 g/mol. The first-order valence-electron chi connectivity index (χ1n) is 11.0. The molecule has 0 atom stereocenters. The Morgan fingerprint density at radius 2 is 0.906 bits per heavy atom. The molecule has 2 heteroatoms. The summed E-state index contributed by atoms with van der Waals surface area (Å²) < 4.78 is 2.23. The molecule has 0 aliphatic heterocycles. The molecule has 5 rings (SSSR count). The van der Waals surface area contributed by atoms with Crippen LogP contribution in [0.1, 0.15) is 28.1 Å². The number of nitrogens with zero attached hydrogens (tertiary/aromatic N) is 2.